The van der Waals surface area contributed by atoms with Crippen molar-refractivity contribution in [3.8, 4) is 0 Å². The molecule has 3 heterocycles. The van der Waals surface area contributed by atoms with Gasteiger partial charge >= 0.3 is 0 Å². The molecule has 132 valence electrons. The molecule has 0 aliphatic carbocycles. The molecule has 2 aromatic heterocycles. The third-order valence-electron chi connectivity index (χ3n) is 4.58. The summed E-state index contributed by atoms with van der Waals surface area (Å²) in [6.45, 7) is 5.58. The van der Waals surface area contributed by atoms with Gasteiger partial charge in [-0.25, -0.2) is 0 Å². The molecule has 0 radical (unpaired) electrons. The van der Waals surface area contributed by atoms with Gasteiger partial charge < -0.3 is 9.47 Å². The number of aryl methyl sites for hydroxylation is 2. The molecule has 0 unspecified atom stereocenters. The summed E-state index contributed by atoms with van der Waals surface area (Å²) < 4.78 is 13.1. The number of methoxy groups -OCH3 is 1. The zero-order chi connectivity index (χ0) is 16.9. The number of likely N-dealkylation sites (tertiary alicyclic amines) is 1. The first-order chi connectivity index (χ1) is 11.7. The molecule has 6 heteroatoms. The average Bonchev–Trinajstić information content (AvgIpc) is 3.24. The monoisotopic (exact) mass is 349 g/mol. The summed E-state index contributed by atoms with van der Waals surface area (Å²) in [6.07, 6.45) is 6.41. The number of thiophene rings is 1. The van der Waals surface area contributed by atoms with Crippen LogP contribution >= 0.6 is 11.3 Å². The Morgan fingerprint density at radius 3 is 2.88 bits per heavy atom. The highest BCUT2D eigenvalue weighted by atomic mass is 32.1. The normalized spacial score (nSPS) is 21.6. The van der Waals surface area contributed by atoms with Crippen LogP contribution in [0.5, 0.6) is 0 Å². The van der Waals surface area contributed by atoms with E-state index in [2.05, 4.69) is 35.3 Å². The highest BCUT2D eigenvalue weighted by Crippen LogP contribution is 2.28. The van der Waals surface area contributed by atoms with Crippen LogP contribution in [0.3, 0.4) is 0 Å². The van der Waals surface area contributed by atoms with Gasteiger partial charge in [0.2, 0.25) is 0 Å². The maximum Gasteiger partial charge on any atom is 0.0746 e. The summed E-state index contributed by atoms with van der Waals surface area (Å²) >= 11 is 1.89. The molecule has 1 fully saturated rings. The molecular formula is C18H27N3O2S. The summed E-state index contributed by atoms with van der Waals surface area (Å²) in [6, 6.07) is 4.85. The molecular weight excluding hydrogens is 322 g/mol. The second kappa shape index (κ2) is 8.25. The fourth-order valence-electron chi connectivity index (χ4n) is 3.41. The molecule has 2 aromatic rings. The fraction of sp³-hybridized carbons (Fsp3) is 0.611. The predicted molar refractivity (Wildman–Crippen MR) is 96.4 cm³/mol. The Kier molecular flexibility index (Phi) is 6.05. The van der Waals surface area contributed by atoms with Gasteiger partial charge in [0.15, 0.2) is 0 Å². The second-order valence-corrected chi connectivity index (χ2v) is 7.84. The maximum absolute atomic E-state index is 6.12. The third kappa shape index (κ3) is 4.45. The smallest absolute Gasteiger partial charge is 0.0746 e. The van der Waals surface area contributed by atoms with Crippen LogP contribution in [0, 0.1) is 6.92 Å². The zero-order valence-corrected chi connectivity index (χ0v) is 15.6. The summed E-state index contributed by atoms with van der Waals surface area (Å²) in [5.74, 6) is 0. The van der Waals surface area contributed by atoms with Crippen LogP contribution in [0.25, 0.3) is 0 Å². The van der Waals surface area contributed by atoms with Crippen molar-refractivity contribution >= 4 is 11.3 Å². The van der Waals surface area contributed by atoms with E-state index in [4.69, 9.17) is 9.47 Å². The molecule has 1 aliphatic heterocycles. The molecule has 3 rings (SSSR count). The highest BCUT2D eigenvalue weighted by Gasteiger charge is 2.35. The first-order valence-corrected chi connectivity index (χ1v) is 9.35. The van der Waals surface area contributed by atoms with Crippen LogP contribution in [-0.2, 0) is 29.5 Å². The van der Waals surface area contributed by atoms with E-state index in [0.717, 1.165) is 25.9 Å². The number of aromatic nitrogens is 2. The van der Waals surface area contributed by atoms with E-state index in [9.17, 15) is 0 Å². The number of hydrogen-bond donors (Lipinski definition) is 0. The minimum Gasteiger partial charge on any atom is -0.382 e. The van der Waals surface area contributed by atoms with Crippen LogP contribution in [-0.4, -0.2) is 53.7 Å². The van der Waals surface area contributed by atoms with Gasteiger partial charge in [0.1, 0.15) is 0 Å². The molecule has 0 spiro atoms. The minimum absolute atomic E-state index is 0.265. The Bertz CT molecular complexity index is 640. The van der Waals surface area contributed by atoms with Crippen LogP contribution in [0.4, 0.5) is 0 Å². The second-order valence-electron chi connectivity index (χ2n) is 6.47. The molecule has 1 aliphatic rings. The highest BCUT2D eigenvalue weighted by molar-refractivity contribution is 7.11. The molecule has 0 N–H and O–H groups in total. The van der Waals surface area contributed by atoms with Gasteiger partial charge in [0, 0.05) is 49.2 Å². The van der Waals surface area contributed by atoms with E-state index in [1.54, 1.807) is 7.11 Å². The number of ether oxygens (including phenoxy) is 2. The van der Waals surface area contributed by atoms with Crippen molar-refractivity contribution in [3.63, 3.8) is 0 Å². The zero-order valence-electron chi connectivity index (χ0n) is 14.8. The van der Waals surface area contributed by atoms with E-state index in [-0.39, 0.29) is 6.10 Å². The molecule has 0 bridgehead atoms. The fourth-order valence-corrected chi connectivity index (χ4v) is 4.33. The van der Waals surface area contributed by atoms with Crippen LogP contribution in [0.2, 0.25) is 0 Å². The van der Waals surface area contributed by atoms with Crippen molar-refractivity contribution in [2.75, 3.05) is 26.9 Å². The lowest BCUT2D eigenvalue weighted by Gasteiger charge is -2.27. The van der Waals surface area contributed by atoms with Gasteiger partial charge in [-0.15, -0.1) is 11.3 Å². The first kappa shape index (κ1) is 17.6. The summed E-state index contributed by atoms with van der Waals surface area (Å²) in [5, 5.41) is 4.31. The Morgan fingerprint density at radius 2 is 2.21 bits per heavy atom. The largest absolute Gasteiger partial charge is 0.382 e. The van der Waals surface area contributed by atoms with Gasteiger partial charge in [0.05, 0.1) is 25.5 Å². The van der Waals surface area contributed by atoms with Gasteiger partial charge in [-0.3, -0.25) is 9.58 Å². The maximum atomic E-state index is 6.12. The Morgan fingerprint density at radius 1 is 1.33 bits per heavy atom. The number of rotatable bonds is 8. The third-order valence-corrected chi connectivity index (χ3v) is 5.56. The lowest BCUT2D eigenvalue weighted by molar-refractivity contribution is -0.00121. The summed E-state index contributed by atoms with van der Waals surface area (Å²) in [7, 11) is 3.69. The van der Waals surface area contributed by atoms with Crippen molar-refractivity contribution in [3.05, 3.63) is 39.8 Å². The van der Waals surface area contributed by atoms with Crippen LogP contribution < -0.4 is 0 Å². The van der Waals surface area contributed by atoms with Gasteiger partial charge in [-0.2, -0.15) is 5.10 Å². The van der Waals surface area contributed by atoms with E-state index >= 15 is 0 Å². The lowest BCUT2D eigenvalue weighted by Crippen LogP contribution is -2.38. The predicted octanol–water partition coefficient (Wildman–Crippen LogP) is 2.64. The summed E-state index contributed by atoms with van der Waals surface area (Å²) in [5.41, 5.74) is 1.28. The quantitative estimate of drug-likeness (QED) is 0.687. The van der Waals surface area contributed by atoms with E-state index in [1.165, 1.54) is 15.3 Å². The van der Waals surface area contributed by atoms with Crippen molar-refractivity contribution in [2.45, 2.75) is 38.5 Å². The SMILES string of the molecule is COCCO[C@H]1CCN(Cc2ccc(C)s2)[C@@H]1Cc1cnn(C)c1. The molecule has 5 nitrogen and oxygen atoms in total. The van der Waals surface area contributed by atoms with E-state index < -0.39 is 0 Å². The topological polar surface area (TPSA) is 39.5 Å². The molecule has 2 atom stereocenters. The Hall–Kier alpha value is -1.21. The van der Waals surface area contributed by atoms with E-state index in [0.29, 0.717) is 19.3 Å². The molecule has 0 aromatic carbocycles. The Balaban J connectivity index is 1.68. The van der Waals surface area contributed by atoms with Crippen molar-refractivity contribution in [2.24, 2.45) is 7.05 Å². The van der Waals surface area contributed by atoms with Crippen molar-refractivity contribution in [1.82, 2.24) is 14.7 Å². The number of hydrogen-bond acceptors (Lipinski definition) is 5. The van der Waals surface area contributed by atoms with Crippen LogP contribution in [0.1, 0.15) is 21.7 Å². The molecule has 0 amide bonds. The van der Waals surface area contributed by atoms with Crippen LogP contribution in [0.15, 0.2) is 24.5 Å². The molecule has 24 heavy (non-hydrogen) atoms. The van der Waals surface area contributed by atoms with Gasteiger partial charge in [-0.1, -0.05) is 0 Å². The molecule has 1 saturated heterocycles. The van der Waals surface area contributed by atoms with E-state index in [1.807, 2.05) is 29.3 Å². The summed E-state index contributed by atoms with van der Waals surface area (Å²) in [4.78, 5) is 5.37. The lowest BCUT2D eigenvalue weighted by atomic mass is 10.0. The van der Waals surface area contributed by atoms with Crippen molar-refractivity contribution < 1.29 is 9.47 Å². The van der Waals surface area contributed by atoms with Gasteiger partial charge in [0.25, 0.3) is 0 Å². The molecule has 0 saturated carbocycles. The number of nitrogens with zero attached hydrogens (tertiary/aromatic N) is 3. The first-order valence-electron chi connectivity index (χ1n) is 8.53. The standard InChI is InChI=1S/C18H27N3O2S/c1-14-4-5-16(24-14)13-21-7-6-18(23-9-8-22-3)17(21)10-15-11-19-20(2)12-15/h4-5,11-12,17-18H,6-10,13H2,1-3H3/t17-,18+/m1/s1. The van der Waals surface area contributed by atoms with Crippen molar-refractivity contribution in [1.29, 1.82) is 0 Å². The minimum atomic E-state index is 0.265. The Labute approximate surface area is 148 Å². The average molecular weight is 350 g/mol. The van der Waals surface area contributed by atoms with Gasteiger partial charge in [-0.05, 0) is 37.5 Å².